The first kappa shape index (κ1) is 17.5. The fourth-order valence-corrected chi connectivity index (χ4v) is 1.92. The number of carbonyl (C=O) groups excluding carboxylic acids is 1. The fraction of sp³-hybridized carbons (Fsp3) is 0.611. The van der Waals surface area contributed by atoms with E-state index in [1.165, 1.54) is 0 Å². The predicted molar refractivity (Wildman–Crippen MR) is 85.6 cm³/mol. The summed E-state index contributed by atoms with van der Waals surface area (Å²) in [5.74, 6) is 1.30. The van der Waals surface area contributed by atoms with E-state index in [1.807, 2.05) is 45.0 Å². The maximum atomic E-state index is 11.7. The molecular weight excluding hydrogens is 264 g/mol. The van der Waals surface area contributed by atoms with Crippen LogP contribution in [0.2, 0.25) is 0 Å². The molecule has 3 nitrogen and oxygen atoms in total. The van der Waals surface area contributed by atoms with Crippen LogP contribution in [0.25, 0.3) is 0 Å². The molecule has 1 aromatic carbocycles. The fourth-order valence-electron chi connectivity index (χ4n) is 1.92. The lowest BCUT2D eigenvalue weighted by atomic mass is 10.1. The van der Waals surface area contributed by atoms with Gasteiger partial charge in [-0.1, -0.05) is 26.0 Å². The molecule has 0 heterocycles. The highest BCUT2D eigenvalue weighted by Crippen LogP contribution is 2.18. The normalized spacial score (nSPS) is 11.5. The third kappa shape index (κ3) is 8.38. The molecule has 118 valence electrons. The molecule has 1 aromatic rings. The molecule has 0 amide bonds. The van der Waals surface area contributed by atoms with Crippen molar-refractivity contribution >= 4 is 5.97 Å². The molecule has 0 unspecified atom stereocenters. The van der Waals surface area contributed by atoms with Crippen molar-refractivity contribution in [1.82, 2.24) is 0 Å². The standard InChI is InChI=1S/C18H28O3/c1-14(2)7-6-12-20-17(19)13-15-8-10-16(11-9-15)21-18(3,4)5/h8-11,14H,6-7,12-13H2,1-5H3. The van der Waals surface area contributed by atoms with E-state index in [9.17, 15) is 4.79 Å². The highest BCUT2D eigenvalue weighted by molar-refractivity contribution is 5.72. The number of ether oxygens (including phenoxy) is 2. The van der Waals surface area contributed by atoms with Gasteiger partial charge in [0.15, 0.2) is 0 Å². The zero-order valence-electron chi connectivity index (χ0n) is 13.9. The van der Waals surface area contributed by atoms with E-state index in [-0.39, 0.29) is 11.6 Å². The first-order valence-corrected chi connectivity index (χ1v) is 7.70. The number of hydrogen-bond acceptors (Lipinski definition) is 3. The molecule has 0 aliphatic heterocycles. The van der Waals surface area contributed by atoms with Crippen molar-refractivity contribution in [2.75, 3.05) is 6.61 Å². The van der Waals surface area contributed by atoms with Crippen molar-refractivity contribution in [2.24, 2.45) is 5.92 Å². The van der Waals surface area contributed by atoms with E-state index in [1.54, 1.807) is 0 Å². The minimum Gasteiger partial charge on any atom is -0.488 e. The van der Waals surface area contributed by atoms with Gasteiger partial charge in [0.05, 0.1) is 13.0 Å². The Hall–Kier alpha value is -1.51. The summed E-state index contributed by atoms with van der Waals surface area (Å²) in [6, 6.07) is 7.62. The lowest BCUT2D eigenvalue weighted by molar-refractivity contribution is -0.143. The molecule has 0 aromatic heterocycles. The van der Waals surface area contributed by atoms with Crippen molar-refractivity contribution in [3.05, 3.63) is 29.8 Å². The van der Waals surface area contributed by atoms with E-state index < -0.39 is 0 Å². The van der Waals surface area contributed by atoms with Crippen LogP contribution in [0.3, 0.4) is 0 Å². The molecule has 0 N–H and O–H groups in total. The molecule has 3 heteroatoms. The summed E-state index contributed by atoms with van der Waals surface area (Å²) < 4.78 is 11.0. The number of rotatable bonds is 7. The van der Waals surface area contributed by atoms with Crippen molar-refractivity contribution in [3.63, 3.8) is 0 Å². The van der Waals surface area contributed by atoms with Crippen LogP contribution in [0.5, 0.6) is 5.75 Å². The number of esters is 1. The van der Waals surface area contributed by atoms with Crippen molar-refractivity contribution < 1.29 is 14.3 Å². The summed E-state index contributed by atoms with van der Waals surface area (Å²) in [7, 11) is 0. The molecule has 0 atom stereocenters. The first-order chi connectivity index (χ1) is 9.76. The Balaban J connectivity index is 2.36. The molecule has 0 saturated carbocycles. The third-order valence-electron chi connectivity index (χ3n) is 2.88. The maximum absolute atomic E-state index is 11.7. The monoisotopic (exact) mass is 292 g/mol. The lowest BCUT2D eigenvalue weighted by Gasteiger charge is -2.21. The summed E-state index contributed by atoms with van der Waals surface area (Å²) in [6.45, 7) is 10.9. The van der Waals surface area contributed by atoms with Gasteiger partial charge in [0.2, 0.25) is 0 Å². The van der Waals surface area contributed by atoms with Crippen molar-refractivity contribution in [1.29, 1.82) is 0 Å². The largest absolute Gasteiger partial charge is 0.488 e. The second kappa shape index (κ2) is 8.06. The van der Waals surface area contributed by atoms with Gasteiger partial charge in [-0.2, -0.15) is 0 Å². The van der Waals surface area contributed by atoms with Crippen LogP contribution in [0.4, 0.5) is 0 Å². The summed E-state index contributed by atoms with van der Waals surface area (Å²) >= 11 is 0. The highest BCUT2D eigenvalue weighted by Gasteiger charge is 2.12. The Morgan fingerprint density at radius 1 is 1.14 bits per heavy atom. The molecule has 0 saturated heterocycles. The Morgan fingerprint density at radius 2 is 1.76 bits per heavy atom. The lowest BCUT2D eigenvalue weighted by Crippen LogP contribution is -2.22. The van der Waals surface area contributed by atoms with Crippen LogP contribution in [-0.4, -0.2) is 18.2 Å². The molecule has 0 bridgehead atoms. The van der Waals surface area contributed by atoms with E-state index in [0.29, 0.717) is 18.9 Å². The molecule has 0 spiro atoms. The van der Waals surface area contributed by atoms with Gasteiger partial charge < -0.3 is 9.47 Å². The van der Waals surface area contributed by atoms with E-state index in [4.69, 9.17) is 9.47 Å². The smallest absolute Gasteiger partial charge is 0.310 e. The Morgan fingerprint density at radius 3 is 2.29 bits per heavy atom. The SMILES string of the molecule is CC(C)CCCOC(=O)Cc1ccc(OC(C)(C)C)cc1. The van der Waals surface area contributed by atoms with E-state index in [2.05, 4.69) is 13.8 Å². The maximum Gasteiger partial charge on any atom is 0.310 e. The minimum atomic E-state index is -0.211. The van der Waals surface area contributed by atoms with Gasteiger partial charge in [-0.3, -0.25) is 4.79 Å². The second-order valence-corrected chi connectivity index (χ2v) is 6.79. The summed E-state index contributed by atoms with van der Waals surface area (Å²) in [5, 5.41) is 0. The average molecular weight is 292 g/mol. The van der Waals surface area contributed by atoms with Crippen LogP contribution < -0.4 is 4.74 Å². The minimum absolute atomic E-state index is 0.164. The zero-order valence-corrected chi connectivity index (χ0v) is 13.9. The summed E-state index contributed by atoms with van der Waals surface area (Å²) in [4.78, 5) is 11.7. The predicted octanol–water partition coefficient (Wildman–Crippen LogP) is 4.39. The van der Waals surface area contributed by atoms with Gasteiger partial charge in [0.25, 0.3) is 0 Å². The highest BCUT2D eigenvalue weighted by atomic mass is 16.5. The van der Waals surface area contributed by atoms with Crippen molar-refractivity contribution in [2.45, 2.75) is 59.5 Å². The number of carbonyl (C=O) groups is 1. The van der Waals surface area contributed by atoms with Crippen LogP contribution in [0.15, 0.2) is 24.3 Å². The van der Waals surface area contributed by atoms with Gasteiger partial charge in [-0.15, -0.1) is 0 Å². The van der Waals surface area contributed by atoms with Crippen LogP contribution in [0.1, 0.15) is 53.0 Å². The van der Waals surface area contributed by atoms with Crippen LogP contribution in [0, 0.1) is 5.92 Å². The molecule has 21 heavy (non-hydrogen) atoms. The summed E-state index contributed by atoms with van der Waals surface area (Å²) in [5.41, 5.74) is 0.738. The molecule has 1 rings (SSSR count). The van der Waals surface area contributed by atoms with Gasteiger partial charge in [0, 0.05) is 0 Å². The molecule has 0 radical (unpaired) electrons. The average Bonchev–Trinajstić information content (AvgIpc) is 2.35. The third-order valence-corrected chi connectivity index (χ3v) is 2.88. The zero-order chi connectivity index (χ0) is 15.9. The topological polar surface area (TPSA) is 35.5 Å². The molecule has 0 fully saturated rings. The van der Waals surface area contributed by atoms with Crippen molar-refractivity contribution in [3.8, 4) is 5.75 Å². The van der Waals surface area contributed by atoms with E-state index >= 15 is 0 Å². The van der Waals surface area contributed by atoms with Gasteiger partial charge in [-0.05, 0) is 57.2 Å². The Bertz CT molecular complexity index is 427. The quantitative estimate of drug-likeness (QED) is 0.552. The molecular formula is C18H28O3. The van der Waals surface area contributed by atoms with Gasteiger partial charge in [0.1, 0.15) is 11.4 Å². The van der Waals surface area contributed by atoms with Crippen LogP contribution in [-0.2, 0) is 16.0 Å². The number of benzene rings is 1. The molecule has 0 aliphatic rings. The first-order valence-electron chi connectivity index (χ1n) is 7.70. The molecule has 0 aliphatic carbocycles. The second-order valence-electron chi connectivity index (χ2n) is 6.79. The Kier molecular flexibility index (Phi) is 6.73. The van der Waals surface area contributed by atoms with Gasteiger partial charge >= 0.3 is 5.97 Å². The van der Waals surface area contributed by atoms with E-state index in [0.717, 1.165) is 24.2 Å². The Labute approximate surface area is 128 Å². The summed E-state index contributed by atoms with van der Waals surface area (Å²) in [6.07, 6.45) is 2.34. The van der Waals surface area contributed by atoms with Gasteiger partial charge in [-0.25, -0.2) is 0 Å². The van der Waals surface area contributed by atoms with Crippen LogP contribution >= 0.6 is 0 Å². The number of hydrogen-bond donors (Lipinski definition) is 0.